The lowest BCUT2D eigenvalue weighted by atomic mass is 9.82. The monoisotopic (exact) mass is 428 g/mol. The summed E-state index contributed by atoms with van der Waals surface area (Å²) in [5.41, 5.74) is 1.60. The van der Waals surface area contributed by atoms with Gasteiger partial charge in [0.15, 0.2) is 6.29 Å². The molecule has 170 valence electrons. The van der Waals surface area contributed by atoms with E-state index >= 15 is 0 Å². The first-order valence-electron chi connectivity index (χ1n) is 10.3. The molecular formula is C21H32O9. The lowest BCUT2D eigenvalue weighted by molar-refractivity contribution is -0.315. The lowest BCUT2D eigenvalue weighted by Crippen LogP contribution is -2.60. The van der Waals surface area contributed by atoms with Crippen LogP contribution in [-0.4, -0.2) is 87.1 Å². The lowest BCUT2D eigenvalue weighted by Gasteiger charge is -2.42. The summed E-state index contributed by atoms with van der Waals surface area (Å²) in [4.78, 5) is 12.3. The van der Waals surface area contributed by atoms with Gasteiger partial charge in [0.25, 0.3) is 0 Å². The van der Waals surface area contributed by atoms with Gasteiger partial charge in [-0.2, -0.15) is 0 Å². The number of fused-ring (bicyclic) bond motifs is 1. The maximum atomic E-state index is 12.3. The molecule has 0 aromatic heterocycles. The van der Waals surface area contributed by atoms with Crippen LogP contribution in [0.3, 0.4) is 0 Å². The predicted molar refractivity (Wildman–Crippen MR) is 104 cm³/mol. The predicted octanol–water partition coefficient (Wildman–Crippen LogP) is -0.603. The number of aliphatic hydroxyl groups is 5. The molecule has 3 aliphatic rings. The second-order valence-electron chi connectivity index (χ2n) is 8.56. The Morgan fingerprint density at radius 2 is 1.83 bits per heavy atom. The van der Waals surface area contributed by atoms with Gasteiger partial charge in [0.1, 0.15) is 30.5 Å². The van der Waals surface area contributed by atoms with E-state index in [9.17, 15) is 30.3 Å². The van der Waals surface area contributed by atoms with Crippen LogP contribution in [0.15, 0.2) is 23.3 Å². The summed E-state index contributed by atoms with van der Waals surface area (Å²) in [5, 5.41) is 50.2. The molecule has 5 N–H and O–H groups in total. The molecule has 0 bridgehead atoms. The van der Waals surface area contributed by atoms with Gasteiger partial charge in [-0.15, -0.1) is 0 Å². The number of esters is 1. The van der Waals surface area contributed by atoms with Gasteiger partial charge < -0.3 is 39.7 Å². The van der Waals surface area contributed by atoms with Crippen molar-refractivity contribution in [1.29, 1.82) is 0 Å². The first kappa shape index (κ1) is 23.3. The van der Waals surface area contributed by atoms with Crippen LogP contribution in [0.25, 0.3) is 0 Å². The zero-order valence-corrected chi connectivity index (χ0v) is 17.4. The van der Waals surface area contributed by atoms with Crippen LogP contribution in [0.2, 0.25) is 0 Å². The number of hydrogen-bond acceptors (Lipinski definition) is 9. The molecule has 0 amide bonds. The van der Waals surface area contributed by atoms with E-state index < -0.39 is 67.5 Å². The van der Waals surface area contributed by atoms with Crippen LogP contribution in [0.1, 0.15) is 33.6 Å². The Morgan fingerprint density at radius 3 is 2.50 bits per heavy atom. The Morgan fingerprint density at radius 1 is 1.13 bits per heavy atom. The van der Waals surface area contributed by atoms with E-state index in [0.717, 1.165) is 5.57 Å². The van der Waals surface area contributed by atoms with Crippen molar-refractivity contribution < 1.29 is 44.5 Å². The van der Waals surface area contributed by atoms with Gasteiger partial charge in [0.05, 0.1) is 24.7 Å². The highest BCUT2D eigenvalue weighted by molar-refractivity contribution is 5.75. The summed E-state index contributed by atoms with van der Waals surface area (Å²) in [6, 6.07) is 0. The highest BCUT2D eigenvalue weighted by atomic mass is 16.7. The number of aliphatic hydroxyl groups excluding tert-OH is 5. The topological polar surface area (TPSA) is 146 Å². The zero-order chi connectivity index (χ0) is 22.2. The molecule has 0 spiro atoms. The third kappa shape index (κ3) is 4.62. The molecule has 9 nitrogen and oxygen atoms in total. The Balaban J connectivity index is 1.91. The highest BCUT2D eigenvalue weighted by Crippen LogP contribution is 2.38. The smallest absolute Gasteiger partial charge is 0.309 e. The fraction of sp³-hybridized carbons (Fsp3) is 0.762. The van der Waals surface area contributed by atoms with Crippen LogP contribution >= 0.6 is 0 Å². The minimum Gasteiger partial charge on any atom is -0.457 e. The average Bonchev–Trinajstić information content (AvgIpc) is 2.98. The van der Waals surface area contributed by atoms with Crippen LogP contribution < -0.4 is 0 Å². The van der Waals surface area contributed by atoms with Crippen molar-refractivity contribution in [2.75, 3.05) is 6.61 Å². The van der Waals surface area contributed by atoms with E-state index in [4.69, 9.17) is 14.2 Å². The number of carbonyl (C=O) groups excluding carboxylic acids is 1. The molecule has 10 unspecified atom stereocenters. The van der Waals surface area contributed by atoms with Crippen LogP contribution in [0.5, 0.6) is 0 Å². The van der Waals surface area contributed by atoms with Crippen molar-refractivity contribution in [3.8, 4) is 0 Å². The zero-order valence-electron chi connectivity index (χ0n) is 17.4. The van der Waals surface area contributed by atoms with Crippen molar-refractivity contribution in [2.24, 2.45) is 11.8 Å². The maximum Gasteiger partial charge on any atom is 0.309 e. The minimum atomic E-state index is -1.55. The Hall–Kier alpha value is -1.33. The number of carbonyl (C=O) groups is 1. The summed E-state index contributed by atoms with van der Waals surface area (Å²) in [6.45, 7) is 4.84. The SMILES string of the molecule is CC1=CCC(O)C(C)=CC2OC(=O)C(C)C2C(OC2OC(CO)C(O)C(O)C2O)C1. The van der Waals surface area contributed by atoms with E-state index in [0.29, 0.717) is 18.4 Å². The van der Waals surface area contributed by atoms with Crippen LogP contribution in [0.4, 0.5) is 0 Å². The Bertz CT molecular complexity index is 688. The molecule has 2 fully saturated rings. The summed E-state index contributed by atoms with van der Waals surface area (Å²) in [5.74, 6) is -1.31. The number of rotatable bonds is 3. The third-order valence-electron chi connectivity index (χ3n) is 6.33. The average molecular weight is 428 g/mol. The summed E-state index contributed by atoms with van der Waals surface area (Å²) >= 11 is 0. The highest BCUT2D eigenvalue weighted by Gasteiger charge is 2.50. The van der Waals surface area contributed by atoms with Gasteiger partial charge in [-0.1, -0.05) is 18.6 Å². The van der Waals surface area contributed by atoms with Crippen molar-refractivity contribution in [3.05, 3.63) is 23.3 Å². The fourth-order valence-electron chi connectivity index (χ4n) is 4.34. The first-order chi connectivity index (χ1) is 14.1. The molecule has 9 heteroatoms. The van der Waals surface area contributed by atoms with E-state index in [1.165, 1.54) is 0 Å². The molecule has 2 heterocycles. The Kier molecular flexibility index (Phi) is 7.34. The van der Waals surface area contributed by atoms with Gasteiger partial charge in [0, 0.05) is 5.92 Å². The van der Waals surface area contributed by atoms with Gasteiger partial charge in [-0.05, 0) is 38.3 Å². The number of ether oxygens (including phenoxy) is 3. The molecule has 0 aromatic rings. The first-order valence-corrected chi connectivity index (χ1v) is 10.3. The van der Waals surface area contributed by atoms with E-state index in [1.807, 2.05) is 13.0 Å². The second kappa shape index (κ2) is 9.44. The molecule has 2 aliphatic heterocycles. The van der Waals surface area contributed by atoms with E-state index in [2.05, 4.69) is 0 Å². The van der Waals surface area contributed by atoms with Gasteiger partial charge >= 0.3 is 5.97 Å². The molecule has 3 rings (SSSR count). The third-order valence-corrected chi connectivity index (χ3v) is 6.33. The molecule has 2 saturated heterocycles. The largest absolute Gasteiger partial charge is 0.457 e. The molecule has 0 aromatic carbocycles. The minimum absolute atomic E-state index is 0.383. The molecule has 0 saturated carbocycles. The molecule has 30 heavy (non-hydrogen) atoms. The summed E-state index contributed by atoms with van der Waals surface area (Å²) < 4.78 is 17.1. The van der Waals surface area contributed by atoms with Gasteiger partial charge in [-0.25, -0.2) is 0 Å². The van der Waals surface area contributed by atoms with Crippen molar-refractivity contribution >= 4 is 5.97 Å². The van der Waals surface area contributed by atoms with Crippen LogP contribution in [0, 0.1) is 11.8 Å². The summed E-state index contributed by atoms with van der Waals surface area (Å²) in [6.07, 6.45) is -4.46. The van der Waals surface area contributed by atoms with E-state index in [1.54, 1.807) is 19.9 Å². The molecule has 1 aliphatic carbocycles. The molecule has 10 atom stereocenters. The Labute approximate surface area is 175 Å². The maximum absolute atomic E-state index is 12.3. The fourth-order valence-corrected chi connectivity index (χ4v) is 4.34. The van der Waals surface area contributed by atoms with Crippen LogP contribution in [-0.2, 0) is 19.0 Å². The number of hydrogen-bond donors (Lipinski definition) is 5. The quantitative estimate of drug-likeness (QED) is 0.294. The summed E-state index contributed by atoms with van der Waals surface area (Å²) in [7, 11) is 0. The molecule has 0 radical (unpaired) electrons. The molecular weight excluding hydrogens is 396 g/mol. The van der Waals surface area contributed by atoms with E-state index in [-0.39, 0.29) is 5.97 Å². The van der Waals surface area contributed by atoms with Crippen molar-refractivity contribution in [2.45, 2.75) is 82.6 Å². The standard InChI is InChI=1S/C21H32O9/c1-9-4-5-12(23)10(2)7-14-16(11(3)20(27)28-14)13(6-9)29-21-19(26)18(25)17(24)15(8-22)30-21/h4,7,11-19,21-26H,5-6,8H2,1-3H3. The van der Waals surface area contributed by atoms with Crippen molar-refractivity contribution in [1.82, 2.24) is 0 Å². The van der Waals surface area contributed by atoms with Gasteiger partial charge in [0.2, 0.25) is 0 Å². The normalized spacial score (nSPS) is 45.3. The van der Waals surface area contributed by atoms with Crippen molar-refractivity contribution in [3.63, 3.8) is 0 Å². The van der Waals surface area contributed by atoms with Gasteiger partial charge in [-0.3, -0.25) is 4.79 Å². The second-order valence-corrected chi connectivity index (χ2v) is 8.56.